The largest absolute Gasteiger partial charge is 0.477 e. The number of hydrogen-bond acceptors (Lipinski definition) is 6. The molecule has 0 saturated carbocycles. The van der Waals surface area contributed by atoms with Crippen molar-refractivity contribution >= 4 is 27.5 Å². The number of ether oxygens (including phenoxy) is 2. The van der Waals surface area contributed by atoms with Gasteiger partial charge in [-0.2, -0.15) is 4.98 Å². The van der Waals surface area contributed by atoms with Gasteiger partial charge in [0.15, 0.2) is 0 Å². The van der Waals surface area contributed by atoms with Crippen LogP contribution in [0.4, 0.5) is 5.95 Å². The molecule has 0 bridgehead atoms. The highest BCUT2D eigenvalue weighted by atomic mass is 32.1. The Kier molecular flexibility index (Phi) is 4.33. The fourth-order valence-corrected chi connectivity index (χ4v) is 2.58. The summed E-state index contributed by atoms with van der Waals surface area (Å²) in [7, 11) is 1.67. The predicted octanol–water partition coefficient (Wildman–Crippen LogP) is 2.25. The first kappa shape index (κ1) is 13.0. The Morgan fingerprint density at radius 1 is 1.33 bits per heavy atom. The SMILES string of the molecule is CCc1cc2c(OCCCOC)nc(N)nc2s1. The molecule has 0 aliphatic carbocycles. The molecule has 2 aromatic heterocycles. The van der Waals surface area contributed by atoms with Crippen LogP contribution in [0.2, 0.25) is 0 Å². The van der Waals surface area contributed by atoms with E-state index < -0.39 is 0 Å². The molecule has 5 nitrogen and oxygen atoms in total. The first-order valence-corrected chi connectivity index (χ1v) is 6.74. The van der Waals surface area contributed by atoms with Gasteiger partial charge in [-0.05, 0) is 12.5 Å². The number of rotatable bonds is 6. The summed E-state index contributed by atoms with van der Waals surface area (Å²) in [5.41, 5.74) is 5.69. The summed E-state index contributed by atoms with van der Waals surface area (Å²) >= 11 is 1.63. The van der Waals surface area contributed by atoms with Gasteiger partial charge in [0.2, 0.25) is 11.8 Å². The molecule has 0 saturated heterocycles. The van der Waals surface area contributed by atoms with Gasteiger partial charge in [0.25, 0.3) is 0 Å². The second-order valence-corrected chi connectivity index (χ2v) is 4.98. The number of nitrogen functional groups attached to an aromatic ring is 1. The maximum atomic E-state index is 5.69. The van der Waals surface area contributed by atoms with Crippen LogP contribution < -0.4 is 10.5 Å². The van der Waals surface area contributed by atoms with Crippen LogP contribution in [0.25, 0.3) is 10.2 Å². The number of hydrogen-bond donors (Lipinski definition) is 1. The van der Waals surface area contributed by atoms with E-state index in [0.717, 1.165) is 23.1 Å². The number of methoxy groups -OCH3 is 1. The first-order valence-electron chi connectivity index (χ1n) is 5.92. The third kappa shape index (κ3) is 2.88. The van der Waals surface area contributed by atoms with E-state index in [0.29, 0.717) is 19.1 Å². The zero-order chi connectivity index (χ0) is 13.0. The lowest BCUT2D eigenvalue weighted by Gasteiger charge is -2.06. The lowest BCUT2D eigenvalue weighted by molar-refractivity contribution is 0.171. The quantitative estimate of drug-likeness (QED) is 0.813. The maximum Gasteiger partial charge on any atom is 0.227 e. The Balaban J connectivity index is 2.21. The van der Waals surface area contributed by atoms with Gasteiger partial charge in [-0.25, -0.2) is 4.98 Å². The van der Waals surface area contributed by atoms with Crippen LogP contribution >= 0.6 is 11.3 Å². The molecule has 0 aromatic carbocycles. The van der Waals surface area contributed by atoms with Crippen molar-refractivity contribution in [3.05, 3.63) is 10.9 Å². The number of anilines is 1. The molecule has 0 spiro atoms. The minimum atomic E-state index is 0.258. The van der Waals surface area contributed by atoms with Crippen LogP contribution in [0.15, 0.2) is 6.07 Å². The summed E-state index contributed by atoms with van der Waals surface area (Å²) in [5, 5.41) is 0.948. The monoisotopic (exact) mass is 267 g/mol. The van der Waals surface area contributed by atoms with Gasteiger partial charge in [-0.15, -0.1) is 11.3 Å². The van der Waals surface area contributed by atoms with E-state index in [1.165, 1.54) is 4.88 Å². The molecule has 0 aliphatic heterocycles. The number of nitrogens with two attached hydrogens (primary N) is 1. The van der Waals surface area contributed by atoms with Gasteiger partial charge in [0.05, 0.1) is 12.0 Å². The molecule has 0 unspecified atom stereocenters. The van der Waals surface area contributed by atoms with E-state index in [9.17, 15) is 0 Å². The summed E-state index contributed by atoms with van der Waals surface area (Å²) in [6, 6.07) is 2.07. The zero-order valence-corrected chi connectivity index (χ0v) is 11.4. The van der Waals surface area contributed by atoms with Crippen LogP contribution in [0, 0.1) is 0 Å². The van der Waals surface area contributed by atoms with Crippen molar-refractivity contribution in [1.29, 1.82) is 0 Å². The van der Waals surface area contributed by atoms with Crippen molar-refractivity contribution in [2.75, 3.05) is 26.1 Å². The summed E-state index contributed by atoms with van der Waals surface area (Å²) in [6.07, 6.45) is 1.80. The van der Waals surface area contributed by atoms with Gasteiger partial charge in [0.1, 0.15) is 4.83 Å². The van der Waals surface area contributed by atoms with Crippen LogP contribution in [0.1, 0.15) is 18.2 Å². The smallest absolute Gasteiger partial charge is 0.227 e. The fraction of sp³-hybridized carbons (Fsp3) is 0.500. The topological polar surface area (TPSA) is 70.3 Å². The Hall–Kier alpha value is -1.40. The summed E-state index contributed by atoms with van der Waals surface area (Å²) < 4.78 is 10.6. The molecule has 0 radical (unpaired) electrons. The van der Waals surface area contributed by atoms with Crippen molar-refractivity contribution in [2.24, 2.45) is 0 Å². The number of fused-ring (bicyclic) bond motifs is 1. The average molecular weight is 267 g/mol. The van der Waals surface area contributed by atoms with E-state index >= 15 is 0 Å². The van der Waals surface area contributed by atoms with Crippen molar-refractivity contribution in [2.45, 2.75) is 19.8 Å². The van der Waals surface area contributed by atoms with Gasteiger partial charge in [0, 0.05) is 25.0 Å². The van der Waals surface area contributed by atoms with E-state index in [2.05, 4.69) is 23.0 Å². The lowest BCUT2D eigenvalue weighted by Crippen LogP contribution is -2.04. The second kappa shape index (κ2) is 5.97. The van der Waals surface area contributed by atoms with E-state index in [4.69, 9.17) is 15.2 Å². The number of thiophene rings is 1. The minimum absolute atomic E-state index is 0.258. The van der Waals surface area contributed by atoms with Crippen molar-refractivity contribution in [3.63, 3.8) is 0 Å². The molecular weight excluding hydrogens is 250 g/mol. The highest BCUT2D eigenvalue weighted by Crippen LogP contribution is 2.31. The molecular formula is C12H17N3O2S. The molecule has 0 aliphatic rings. The number of nitrogens with zero attached hydrogens (tertiary/aromatic N) is 2. The Bertz CT molecular complexity index is 527. The Morgan fingerprint density at radius 3 is 2.89 bits per heavy atom. The summed E-state index contributed by atoms with van der Waals surface area (Å²) in [5.74, 6) is 0.832. The molecule has 18 heavy (non-hydrogen) atoms. The van der Waals surface area contributed by atoms with Crippen molar-refractivity contribution in [1.82, 2.24) is 9.97 Å². The first-order chi connectivity index (χ1) is 8.74. The molecule has 6 heteroatoms. The molecule has 2 heterocycles. The second-order valence-electron chi connectivity index (χ2n) is 3.87. The molecule has 2 rings (SSSR count). The highest BCUT2D eigenvalue weighted by molar-refractivity contribution is 7.18. The van der Waals surface area contributed by atoms with Crippen LogP contribution in [-0.2, 0) is 11.2 Å². The molecule has 98 valence electrons. The highest BCUT2D eigenvalue weighted by Gasteiger charge is 2.11. The van der Waals surface area contributed by atoms with Crippen LogP contribution in [-0.4, -0.2) is 30.3 Å². The van der Waals surface area contributed by atoms with Gasteiger partial charge < -0.3 is 15.2 Å². The maximum absolute atomic E-state index is 5.69. The van der Waals surface area contributed by atoms with Gasteiger partial charge >= 0.3 is 0 Å². The van der Waals surface area contributed by atoms with E-state index in [-0.39, 0.29) is 5.95 Å². The summed E-state index contributed by atoms with van der Waals surface area (Å²) in [4.78, 5) is 10.5. The van der Waals surface area contributed by atoms with Gasteiger partial charge in [-0.3, -0.25) is 0 Å². The number of aromatic nitrogens is 2. The normalized spacial score (nSPS) is 11.0. The van der Waals surface area contributed by atoms with Crippen molar-refractivity contribution < 1.29 is 9.47 Å². The number of aryl methyl sites for hydroxylation is 1. The Labute approximate surface area is 110 Å². The Morgan fingerprint density at radius 2 is 2.17 bits per heavy atom. The molecule has 2 N–H and O–H groups in total. The standard InChI is InChI=1S/C12H17N3O2S/c1-3-8-7-9-10(17-6-4-5-16-2)14-12(13)15-11(9)18-8/h7H,3-6H2,1-2H3,(H2,13,14,15). The summed E-state index contributed by atoms with van der Waals surface area (Å²) in [6.45, 7) is 3.35. The molecule has 0 fully saturated rings. The van der Waals surface area contributed by atoms with Crippen LogP contribution in [0.3, 0.4) is 0 Å². The minimum Gasteiger partial charge on any atom is -0.477 e. The van der Waals surface area contributed by atoms with E-state index in [1.54, 1.807) is 18.4 Å². The zero-order valence-electron chi connectivity index (χ0n) is 10.6. The van der Waals surface area contributed by atoms with Crippen molar-refractivity contribution in [3.8, 4) is 5.88 Å². The fourth-order valence-electron chi connectivity index (χ4n) is 1.62. The molecule has 2 aromatic rings. The van der Waals surface area contributed by atoms with Crippen LogP contribution in [0.5, 0.6) is 5.88 Å². The third-order valence-electron chi connectivity index (χ3n) is 2.51. The average Bonchev–Trinajstić information content (AvgIpc) is 2.77. The molecule has 0 atom stereocenters. The predicted molar refractivity (Wildman–Crippen MR) is 73.2 cm³/mol. The lowest BCUT2D eigenvalue weighted by atomic mass is 10.3. The third-order valence-corrected chi connectivity index (χ3v) is 3.68. The molecule has 0 amide bonds. The van der Waals surface area contributed by atoms with Gasteiger partial charge in [-0.1, -0.05) is 6.92 Å². The van der Waals surface area contributed by atoms with E-state index in [1.807, 2.05) is 0 Å².